The minimum absolute atomic E-state index is 0.0553. The number of nitrogens with one attached hydrogen (secondary N) is 1. The predicted octanol–water partition coefficient (Wildman–Crippen LogP) is 3.01. The molecule has 22 heavy (non-hydrogen) atoms. The molecular weight excluding hydrogens is 274 g/mol. The summed E-state index contributed by atoms with van der Waals surface area (Å²) in [7, 11) is 0. The van der Waals surface area contributed by atoms with Crippen molar-refractivity contribution in [2.75, 3.05) is 6.54 Å². The molecule has 0 radical (unpaired) electrons. The second kappa shape index (κ2) is 6.26. The van der Waals surface area contributed by atoms with Crippen molar-refractivity contribution in [3.05, 3.63) is 67.3 Å². The average molecular weight is 291 g/mol. The highest BCUT2D eigenvalue weighted by Gasteiger charge is 2.14. The molecule has 1 heterocycles. The van der Waals surface area contributed by atoms with Gasteiger partial charge in [-0.25, -0.2) is 4.98 Å². The molecule has 0 saturated heterocycles. The minimum Gasteiger partial charge on any atom is -0.351 e. The van der Waals surface area contributed by atoms with Gasteiger partial charge >= 0.3 is 0 Å². The first kappa shape index (κ1) is 14.1. The van der Waals surface area contributed by atoms with Crippen LogP contribution in [-0.4, -0.2) is 22.0 Å². The van der Waals surface area contributed by atoms with Gasteiger partial charge < -0.3 is 9.88 Å². The van der Waals surface area contributed by atoms with Gasteiger partial charge in [0.25, 0.3) is 0 Å². The Morgan fingerprint density at radius 1 is 1.14 bits per heavy atom. The van der Waals surface area contributed by atoms with Crippen LogP contribution >= 0.6 is 0 Å². The molecule has 1 amide bonds. The molecule has 0 aliphatic heterocycles. The summed E-state index contributed by atoms with van der Waals surface area (Å²) in [5.41, 5.74) is 2.84. The third-order valence-electron chi connectivity index (χ3n) is 3.43. The lowest BCUT2D eigenvalue weighted by atomic mass is 10.2. The Kier molecular flexibility index (Phi) is 4.01. The molecule has 0 bridgehead atoms. The van der Waals surface area contributed by atoms with Crippen LogP contribution in [0.3, 0.4) is 0 Å². The Labute approximate surface area is 129 Å². The molecule has 4 nitrogen and oxygen atoms in total. The first-order valence-corrected chi connectivity index (χ1v) is 7.18. The van der Waals surface area contributed by atoms with Gasteiger partial charge in [0, 0.05) is 12.1 Å². The second-order valence-corrected chi connectivity index (χ2v) is 4.97. The van der Waals surface area contributed by atoms with Crippen LogP contribution < -0.4 is 5.32 Å². The number of hydrogen-bond acceptors (Lipinski definition) is 2. The van der Waals surface area contributed by atoms with Gasteiger partial charge in [-0.3, -0.25) is 4.79 Å². The second-order valence-electron chi connectivity index (χ2n) is 4.97. The number of imidazole rings is 1. The van der Waals surface area contributed by atoms with Gasteiger partial charge in [0.15, 0.2) is 0 Å². The Bertz CT molecular complexity index is 806. The normalized spacial score (nSPS) is 10.5. The molecule has 3 aromatic rings. The highest BCUT2D eigenvalue weighted by molar-refractivity contribution is 5.84. The van der Waals surface area contributed by atoms with Crippen molar-refractivity contribution in [1.29, 1.82) is 0 Å². The lowest BCUT2D eigenvalue weighted by molar-refractivity contribution is -0.121. The van der Waals surface area contributed by atoms with E-state index in [0.717, 1.165) is 22.4 Å². The molecule has 2 aromatic carbocycles. The van der Waals surface area contributed by atoms with Gasteiger partial charge in [0.1, 0.15) is 12.4 Å². The van der Waals surface area contributed by atoms with E-state index in [0.29, 0.717) is 6.54 Å². The zero-order valence-corrected chi connectivity index (χ0v) is 12.2. The number of hydrogen-bond donors (Lipinski definition) is 1. The number of nitrogens with zero attached hydrogens (tertiary/aromatic N) is 2. The van der Waals surface area contributed by atoms with Crippen LogP contribution in [0.15, 0.2) is 67.3 Å². The highest BCUT2D eigenvalue weighted by atomic mass is 16.1. The lowest BCUT2D eigenvalue weighted by Gasteiger charge is -2.09. The van der Waals surface area contributed by atoms with E-state index >= 15 is 0 Å². The molecule has 110 valence electrons. The fourth-order valence-corrected chi connectivity index (χ4v) is 2.43. The molecule has 0 aliphatic rings. The van der Waals surface area contributed by atoms with Crippen LogP contribution in [0.1, 0.15) is 0 Å². The number of amides is 1. The first-order valence-electron chi connectivity index (χ1n) is 7.18. The van der Waals surface area contributed by atoms with Gasteiger partial charge in [0.2, 0.25) is 5.91 Å². The molecule has 0 aliphatic carbocycles. The molecule has 1 aromatic heterocycles. The lowest BCUT2D eigenvalue weighted by Crippen LogP contribution is -2.27. The maximum Gasteiger partial charge on any atom is 0.240 e. The molecular formula is C18H17N3O. The van der Waals surface area contributed by atoms with Crippen molar-refractivity contribution < 1.29 is 4.79 Å². The molecule has 4 heteroatoms. The summed E-state index contributed by atoms with van der Waals surface area (Å²) in [4.78, 5) is 16.8. The standard InChI is InChI=1S/C18H17N3O/c1-2-12-19-17(22)13-21-16-11-7-6-10-15(16)20-18(21)14-8-4-3-5-9-14/h2-11H,1,12-13H2,(H,19,22). The number of para-hydroxylation sites is 2. The van der Waals surface area contributed by atoms with Crippen molar-refractivity contribution >= 4 is 16.9 Å². The topological polar surface area (TPSA) is 46.9 Å². The van der Waals surface area contributed by atoms with E-state index in [1.165, 1.54) is 0 Å². The quantitative estimate of drug-likeness (QED) is 0.735. The van der Waals surface area contributed by atoms with Crippen LogP contribution in [0.4, 0.5) is 0 Å². The molecule has 0 fully saturated rings. The van der Waals surface area contributed by atoms with E-state index in [1.807, 2.05) is 59.2 Å². The third kappa shape index (κ3) is 2.76. The highest BCUT2D eigenvalue weighted by Crippen LogP contribution is 2.24. The van der Waals surface area contributed by atoms with Crippen molar-refractivity contribution in [1.82, 2.24) is 14.9 Å². The zero-order chi connectivity index (χ0) is 15.4. The maximum atomic E-state index is 12.1. The minimum atomic E-state index is -0.0553. The van der Waals surface area contributed by atoms with Crippen molar-refractivity contribution in [2.24, 2.45) is 0 Å². The van der Waals surface area contributed by atoms with E-state index < -0.39 is 0 Å². The SMILES string of the molecule is C=CCNC(=O)Cn1c(-c2ccccc2)nc2ccccc21. The molecule has 0 unspecified atom stereocenters. The van der Waals surface area contributed by atoms with Crippen LogP contribution in [0.5, 0.6) is 0 Å². The molecule has 0 saturated carbocycles. The van der Waals surface area contributed by atoms with E-state index in [2.05, 4.69) is 16.9 Å². The summed E-state index contributed by atoms with van der Waals surface area (Å²) in [6.45, 7) is 4.31. The van der Waals surface area contributed by atoms with Crippen LogP contribution in [-0.2, 0) is 11.3 Å². The number of carbonyl (C=O) groups is 1. The van der Waals surface area contributed by atoms with Crippen molar-refractivity contribution in [3.63, 3.8) is 0 Å². The largest absolute Gasteiger partial charge is 0.351 e. The first-order chi connectivity index (χ1) is 10.8. The van der Waals surface area contributed by atoms with E-state index in [1.54, 1.807) is 6.08 Å². The van der Waals surface area contributed by atoms with Crippen molar-refractivity contribution in [2.45, 2.75) is 6.54 Å². The predicted molar refractivity (Wildman–Crippen MR) is 88.4 cm³/mol. The van der Waals surface area contributed by atoms with E-state index in [-0.39, 0.29) is 12.5 Å². The van der Waals surface area contributed by atoms with Gasteiger partial charge in [0.05, 0.1) is 11.0 Å². The summed E-state index contributed by atoms with van der Waals surface area (Å²) < 4.78 is 1.95. The summed E-state index contributed by atoms with van der Waals surface area (Å²) >= 11 is 0. The Balaban J connectivity index is 2.05. The fourth-order valence-electron chi connectivity index (χ4n) is 2.43. The number of benzene rings is 2. The van der Waals surface area contributed by atoms with Gasteiger partial charge in [-0.2, -0.15) is 0 Å². The number of rotatable bonds is 5. The summed E-state index contributed by atoms with van der Waals surface area (Å²) in [6.07, 6.45) is 1.67. The van der Waals surface area contributed by atoms with Crippen LogP contribution in [0, 0.1) is 0 Å². The Morgan fingerprint density at radius 3 is 2.64 bits per heavy atom. The zero-order valence-electron chi connectivity index (χ0n) is 12.2. The fraction of sp³-hybridized carbons (Fsp3) is 0.111. The third-order valence-corrected chi connectivity index (χ3v) is 3.43. The Hall–Kier alpha value is -2.88. The number of fused-ring (bicyclic) bond motifs is 1. The van der Waals surface area contributed by atoms with Crippen LogP contribution in [0.2, 0.25) is 0 Å². The number of carbonyl (C=O) groups excluding carboxylic acids is 1. The van der Waals surface area contributed by atoms with E-state index in [4.69, 9.17) is 0 Å². The smallest absolute Gasteiger partial charge is 0.240 e. The maximum absolute atomic E-state index is 12.1. The van der Waals surface area contributed by atoms with Crippen molar-refractivity contribution in [3.8, 4) is 11.4 Å². The summed E-state index contributed by atoms with van der Waals surface area (Å²) in [5.74, 6) is 0.746. The molecule has 3 rings (SSSR count). The van der Waals surface area contributed by atoms with Gasteiger partial charge in [-0.15, -0.1) is 6.58 Å². The average Bonchev–Trinajstić information content (AvgIpc) is 2.92. The molecule has 0 spiro atoms. The molecule has 0 atom stereocenters. The Morgan fingerprint density at radius 2 is 1.86 bits per heavy atom. The van der Waals surface area contributed by atoms with Gasteiger partial charge in [-0.1, -0.05) is 48.5 Å². The number of aromatic nitrogens is 2. The monoisotopic (exact) mass is 291 g/mol. The molecule has 1 N–H and O–H groups in total. The van der Waals surface area contributed by atoms with Crippen LogP contribution in [0.25, 0.3) is 22.4 Å². The van der Waals surface area contributed by atoms with Gasteiger partial charge in [-0.05, 0) is 12.1 Å². The summed E-state index contributed by atoms with van der Waals surface area (Å²) in [6, 6.07) is 17.7. The van der Waals surface area contributed by atoms with E-state index in [9.17, 15) is 4.79 Å². The summed E-state index contributed by atoms with van der Waals surface area (Å²) in [5, 5.41) is 2.81.